The molecule has 0 aliphatic heterocycles. The molecule has 326 valence electrons. The molecule has 5 nitrogen and oxygen atoms in total. The van der Waals surface area contributed by atoms with Crippen molar-refractivity contribution < 1.29 is 5.48 Å². The maximum absolute atomic E-state index is 9.53. The first kappa shape index (κ1) is 34.8. The van der Waals surface area contributed by atoms with Gasteiger partial charge in [0.05, 0.1) is 55.3 Å². The third-order valence-corrected chi connectivity index (χ3v) is 14.3. The fourth-order valence-electron chi connectivity index (χ4n) is 11.4. The molecule has 0 bridgehead atoms. The average Bonchev–Trinajstić information content (AvgIpc) is 4.19. The van der Waals surface area contributed by atoms with Crippen LogP contribution in [0.2, 0.25) is 0 Å². The average molecular weight is 896 g/mol. The zero-order chi connectivity index (χ0) is 49.3. The van der Waals surface area contributed by atoms with Gasteiger partial charge in [-0.05, 0) is 102 Å². The van der Waals surface area contributed by atoms with Crippen LogP contribution >= 0.6 is 0 Å². The Hall–Kier alpha value is -9.45. The van der Waals surface area contributed by atoms with E-state index in [-0.39, 0.29) is 24.2 Å². The van der Waals surface area contributed by atoms with Crippen LogP contribution in [0.5, 0.6) is 0 Å². The Bertz CT molecular complexity index is 4740. The fraction of sp³-hybridized carbons (Fsp3) is 0. The van der Waals surface area contributed by atoms with Gasteiger partial charge in [-0.15, -0.1) is 0 Å². The maximum atomic E-state index is 9.53. The Morgan fingerprint density at radius 2 is 0.743 bits per heavy atom. The summed E-state index contributed by atoms with van der Waals surface area (Å²) < 4.78 is 45.5. The van der Waals surface area contributed by atoms with E-state index in [9.17, 15) is 2.74 Å². The molecule has 70 heavy (non-hydrogen) atoms. The first-order valence-electron chi connectivity index (χ1n) is 25.6. The van der Waals surface area contributed by atoms with Crippen LogP contribution in [0.4, 0.5) is 0 Å². The van der Waals surface area contributed by atoms with E-state index in [0.717, 1.165) is 110 Å². The van der Waals surface area contributed by atoms with Crippen LogP contribution in [0.3, 0.4) is 0 Å². The van der Waals surface area contributed by atoms with Crippen LogP contribution in [-0.2, 0) is 0 Å². The Balaban J connectivity index is 1.11. The highest BCUT2D eigenvalue weighted by Gasteiger charge is 2.24. The molecule has 0 amide bonds. The number of hydrogen-bond acceptors (Lipinski definition) is 1. The molecule has 5 heterocycles. The van der Waals surface area contributed by atoms with Gasteiger partial charge < -0.3 is 9.13 Å². The number of fused-ring (bicyclic) bond motifs is 12. The summed E-state index contributed by atoms with van der Waals surface area (Å²) in [5.74, 6) is 1.17. The first-order valence-corrected chi connectivity index (χ1v) is 23.6. The van der Waals surface area contributed by atoms with E-state index in [4.69, 9.17) is 7.73 Å². The Morgan fingerprint density at radius 1 is 0.300 bits per heavy atom. The summed E-state index contributed by atoms with van der Waals surface area (Å²) in [6, 6.07) is 78.0. The lowest BCUT2D eigenvalue weighted by atomic mass is 9.92. The number of para-hydroxylation sites is 8. The molecule has 0 saturated heterocycles. The van der Waals surface area contributed by atoms with Gasteiger partial charge in [-0.2, -0.15) is 0 Å². The van der Waals surface area contributed by atoms with Crippen molar-refractivity contribution in [3.05, 3.63) is 249 Å². The molecular weight excluding hydrogens is 851 g/mol. The fourth-order valence-corrected chi connectivity index (χ4v) is 11.4. The van der Waals surface area contributed by atoms with Gasteiger partial charge in [0.2, 0.25) is 0 Å². The van der Waals surface area contributed by atoms with Crippen molar-refractivity contribution in [2.45, 2.75) is 0 Å². The van der Waals surface area contributed by atoms with Gasteiger partial charge in [-0.3, -0.25) is 9.13 Å². The minimum absolute atomic E-state index is 0.0854. The van der Waals surface area contributed by atoms with E-state index >= 15 is 0 Å². The van der Waals surface area contributed by atoms with E-state index in [1.807, 2.05) is 28.8 Å². The molecule has 0 unspecified atom stereocenters. The van der Waals surface area contributed by atoms with Gasteiger partial charge in [0.25, 0.3) is 0 Å². The van der Waals surface area contributed by atoms with Crippen molar-refractivity contribution in [1.82, 2.24) is 23.3 Å². The Kier molecular flexibility index (Phi) is 7.47. The number of nitrogens with zero attached hydrogens (tertiary/aromatic N) is 5. The molecule has 0 aliphatic rings. The summed E-state index contributed by atoms with van der Waals surface area (Å²) >= 11 is 0. The van der Waals surface area contributed by atoms with Crippen LogP contribution in [0.25, 0.3) is 132 Å². The molecule has 15 rings (SSSR count). The van der Waals surface area contributed by atoms with Crippen molar-refractivity contribution in [2.75, 3.05) is 0 Å². The van der Waals surface area contributed by atoms with Crippen LogP contribution in [0.1, 0.15) is 5.48 Å². The molecule has 0 N–H and O–H groups in total. The van der Waals surface area contributed by atoms with E-state index < -0.39 is 0 Å². The lowest BCUT2D eigenvalue weighted by molar-refractivity contribution is 1.01. The summed E-state index contributed by atoms with van der Waals surface area (Å²) in [4.78, 5) is 5.63. The minimum Gasteiger partial charge on any atom is -0.309 e. The van der Waals surface area contributed by atoms with Gasteiger partial charge in [-0.1, -0.05) is 164 Å². The summed E-state index contributed by atoms with van der Waals surface area (Å²) in [5.41, 5.74) is 13.4. The second-order valence-electron chi connectivity index (χ2n) is 18.0. The van der Waals surface area contributed by atoms with E-state index in [2.05, 4.69) is 214 Å². The normalized spacial score (nSPS) is 12.8. The van der Waals surface area contributed by atoms with E-state index in [1.54, 1.807) is 0 Å². The van der Waals surface area contributed by atoms with Gasteiger partial charge >= 0.3 is 0 Å². The maximum Gasteiger partial charge on any atom is 0.140 e. The molecule has 15 aromatic rings. The van der Waals surface area contributed by atoms with E-state index in [0.29, 0.717) is 22.5 Å². The molecule has 0 radical (unpaired) electrons. The van der Waals surface area contributed by atoms with Crippen molar-refractivity contribution in [1.29, 1.82) is 0 Å². The molecular formula is C65H41N5. The molecule has 0 fully saturated rings. The Morgan fingerprint density at radius 3 is 1.31 bits per heavy atom. The van der Waals surface area contributed by atoms with Gasteiger partial charge in [0.1, 0.15) is 11.6 Å². The SMILES string of the molecule is [2H]c1c([2H])c([2H])c2c(c1[2H])c1ccccc1n2-c1cc(-c2c(-c3ccc4c(c3)c3ccccc3n4-c3ccccc3)cccc2-n2c3ccccc3c3ccccc32)cc(-n2c3ccccc3c3ccccc32)n1. The molecule has 0 spiro atoms. The number of rotatable bonds is 6. The van der Waals surface area contributed by atoms with Crippen molar-refractivity contribution >= 4 is 87.2 Å². The smallest absolute Gasteiger partial charge is 0.140 e. The Labute approximate surface area is 408 Å². The standard InChI is InChI=1S/C65H41N5/c1-2-19-44(20-3-1)67-54-29-11-10-27-52(54)53-39-42(37-38-61(53)67)45-28-18-36-62(68-55-30-12-4-21-46(55)47-22-5-13-31-56(47)68)65(45)43-40-63(69-57-32-14-6-23-48(57)49-24-7-15-33-58(49)69)66-64(41-43)70-59-34-16-8-25-50(59)51-26-9-17-35-60(51)70/h1-41H/i6D,14D,23D,32D. The highest BCUT2D eigenvalue weighted by molar-refractivity contribution is 6.14. The quantitative estimate of drug-likeness (QED) is 0.164. The molecule has 5 aromatic heterocycles. The zero-order valence-electron chi connectivity index (χ0n) is 41.6. The lowest BCUT2D eigenvalue weighted by Gasteiger charge is -2.21. The van der Waals surface area contributed by atoms with Gasteiger partial charge in [0.15, 0.2) is 0 Å². The van der Waals surface area contributed by atoms with Crippen molar-refractivity contribution in [3.8, 4) is 45.3 Å². The molecule has 5 heteroatoms. The van der Waals surface area contributed by atoms with Crippen molar-refractivity contribution in [2.24, 2.45) is 0 Å². The summed E-state index contributed by atoms with van der Waals surface area (Å²) in [6.45, 7) is 0. The topological polar surface area (TPSA) is 32.6 Å². The predicted molar refractivity (Wildman–Crippen MR) is 292 cm³/mol. The summed E-state index contributed by atoms with van der Waals surface area (Å²) in [7, 11) is 0. The molecule has 10 aromatic carbocycles. The van der Waals surface area contributed by atoms with Crippen LogP contribution in [0.15, 0.2) is 249 Å². The number of hydrogen-bond donors (Lipinski definition) is 0. The minimum atomic E-state index is -0.298. The van der Waals surface area contributed by atoms with E-state index in [1.165, 1.54) is 0 Å². The third-order valence-electron chi connectivity index (χ3n) is 14.3. The second kappa shape index (κ2) is 15.0. The lowest BCUT2D eigenvalue weighted by Crippen LogP contribution is -2.06. The first-order chi connectivity index (χ1) is 36.4. The summed E-state index contributed by atoms with van der Waals surface area (Å²) in [5, 5.41) is 7.95. The van der Waals surface area contributed by atoms with Crippen LogP contribution in [0, 0.1) is 0 Å². The highest BCUT2D eigenvalue weighted by Crippen LogP contribution is 2.45. The predicted octanol–water partition coefficient (Wildman–Crippen LogP) is 16.8. The number of aromatic nitrogens is 5. The zero-order valence-corrected chi connectivity index (χ0v) is 37.6. The van der Waals surface area contributed by atoms with Gasteiger partial charge in [-0.25, -0.2) is 4.98 Å². The largest absolute Gasteiger partial charge is 0.309 e. The molecule has 0 atom stereocenters. The number of benzene rings is 10. The van der Waals surface area contributed by atoms with Crippen LogP contribution in [-0.4, -0.2) is 23.3 Å². The highest BCUT2D eigenvalue weighted by atomic mass is 15.1. The van der Waals surface area contributed by atoms with Crippen molar-refractivity contribution in [3.63, 3.8) is 0 Å². The third kappa shape index (κ3) is 5.57. The molecule has 0 saturated carbocycles. The molecule has 0 aliphatic carbocycles. The summed E-state index contributed by atoms with van der Waals surface area (Å²) in [6.07, 6.45) is 0. The number of pyridine rings is 1. The van der Waals surface area contributed by atoms with Gasteiger partial charge in [0, 0.05) is 54.3 Å². The van der Waals surface area contributed by atoms with Crippen LogP contribution < -0.4 is 0 Å². The second-order valence-corrected chi connectivity index (χ2v) is 18.0. The monoisotopic (exact) mass is 895 g/mol.